The summed E-state index contributed by atoms with van der Waals surface area (Å²) in [6.07, 6.45) is 0.818. The molecule has 4 aromatic rings. The van der Waals surface area contributed by atoms with Crippen LogP contribution in [0.15, 0.2) is 109 Å². The second kappa shape index (κ2) is 10.6. The summed E-state index contributed by atoms with van der Waals surface area (Å²) in [6, 6.07) is 38.6. The maximum atomic E-state index is 5.78. The smallest absolute Gasteiger partial charge is 0.129 e. The summed E-state index contributed by atoms with van der Waals surface area (Å²) in [5.41, 5.74) is 1.10. The van der Waals surface area contributed by atoms with Crippen LogP contribution in [0, 0.1) is 0 Å². The lowest BCUT2D eigenvalue weighted by molar-refractivity contribution is -0.00000646. The minimum absolute atomic E-state index is 0. The van der Waals surface area contributed by atoms with E-state index in [0.717, 1.165) is 23.2 Å². The highest BCUT2D eigenvalue weighted by Crippen LogP contribution is 2.60. The van der Waals surface area contributed by atoms with Gasteiger partial charge in [0.1, 0.15) is 40.8 Å². The molecule has 4 heteroatoms. The molecule has 0 aliphatic carbocycles. The van der Waals surface area contributed by atoms with Crippen LogP contribution in [0.25, 0.3) is 0 Å². The number of rotatable bonds is 7. The second-order valence-corrected chi connectivity index (χ2v) is 10.6. The minimum atomic E-state index is -2.02. The zero-order chi connectivity index (χ0) is 20.8. The predicted octanol–water partition coefficient (Wildman–Crippen LogP) is 2.20. The molecule has 0 aromatic heterocycles. The Morgan fingerprint density at radius 1 is 0.516 bits per heavy atom. The lowest BCUT2D eigenvalue weighted by Gasteiger charge is -2.29. The molecular weight excluding hydrogens is 467 g/mol. The largest absolute Gasteiger partial charge is 1.00 e. The van der Waals surface area contributed by atoms with Gasteiger partial charge in [0.25, 0.3) is 0 Å². The van der Waals surface area contributed by atoms with E-state index in [1.165, 1.54) is 15.9 Å². The Labute approximate surface area is 196 Å². The van der Waals surface area contributed by atoms with E-state index in [9.17, 15) is 0 Å². The number of hydrogen-bond donors (Lipinski definition) is 0. The summed E-state index contributed by atoms with van der Waals surface area (Å²) in [5.74, 6) is 1.73. The fourth-order valence-corrected chi connectivity index (χ4v) is 8.36. The molecule has 0 radical (unpaired) electrons. The van der Waals surface area contributed by atoms with Crippen LogP contribution in [-0.2, 0) is 6.16 Å². The topological polar surface area (TPSA) is 18.5 Å². The first-order valence-corrected chi connectivity index (χ1v) is 12.0. The highest BCUT2D eigenvalue weighted by molar-refractivity contribution is 7.95. The van der Waals surface area contributed by atoms with Gasteiger partial charge < -0.3 is 26.5 Å². The molecule has 0 amide bonds. The molecule has 0 bridgehead atoms. The van der Waals surface area contributed by atoms with Crippen molar-refractivity contribution in [3.8, 4) is 11.5 Å². The standard InChI is InChI=1S/C27H26O2P.BrH/c1-28-26-19-12-20-27(29-2)25(26)21-30(22-13-6-3-7-14-22,23-15-8-4-9-16-23)24-17-10-5-11-18-24;/h3-20H,21H2,1-2H3;1H/q+1;/p-1. The molecule has 0 N–H and O–H groups in total. The fraction of sp³-hybridized carbons (Fsp3) is 0.111. The first-order chi connectivity index (χ1) is 14.8. The van der Waals surface area contributed by atoms with Crippen LogP contribution >= 0.6 is 7.26 Å². The van der Waals surface area contributed by atoms with Crippen LogP contribution in [0.1, 0.15) is 5.56 Å². The van der Waals surface area contributed by atoms with Crippen molar-refractivity contribution in [2.24, 2.45) is 0 Å². The van der Waals surface area contributed by atoms with E-state index in [1.54, 1.807) is 14.2 Å². The lowest BCUT2D eigenvalue weighted by Crippen LogP contribution is -3.00. The number of ether oxygens (including phenoxy) is 2. The van der Waals surface area contributed by atoms with Crippen LogP contribution in [0.4, 0.5) is 0 Å². The third-order valence-electron chi connectivity index (χ3n) is 5.52. The molecule has 0 spiro atoms. The Morgan fingerprint density at radius 2 is 0.871 bits per heavy atom. The molecule has 0 saturated heterocycles. The Balaban J connectivity index is 0.00000272. The van der Waals surface area contributed by atoms with Crippen molar-refractivity contribution in [1.29, 1.82) is 0 Å². The van der Waals surface area contributed by atoms with Gasteiger partial charge >= 0.3 is 0 Å². The minimum Gasteiger partial charge on any atom is -1.00 e. The molecule has 0 atom stereocenters. The van der Waals surface area contributed by atoms with Crippen LogP contribution in [0.3, 0.4) is 0 Å². The highest BCUT2D eigenvalue weighted by atomic mass is 79.9. The van der Waals surface area contributed by atoms with Crippen LogP contribution in [-0.4, -0.2) is 14.2 Å². The van der Waals surface area contributed by atoms with Gasteiger partial charge in [0, 0.05) is 0 Å². The average molecular weight is 493 g/mol. The van der Waals surface area contributed by atoms with Gasteiger partial charge in [-0.3, -0.25) is 0 Å². The van der Waals surface area contributed by atoms with Crippen molar-refractivity contribution < 1.29 is 26.5 Å². The van der Waals surface area contributed by atoms with Crippen LogP contribution in [0.5, 0.6) is 11.5 Å². The Bertz CT molecular complexity index is 967. The summed E-state index contributed by atoms with van der Waals surface area (Å²) in [7, 11) is 1.44. The van der Waals surface area contributed by atoms with Gasteiger partial charge in [0.2, 0.25) is 0 Å². The monoisotopic (exact) mass is 492 g/mol. The van der Waals surface area contributed by atoms with E-state index in [-0.39, 0.29) is 17.0 Å². The quantitative estimate of drug-likeness (QED) is 0.368. The molecule has 0 fully saturated rings. The van der Waals surface area contributed by atoms with Crippen molar-refractivity contribution in [1.82, 2.24) is 0 Å². The number of benzene rings is 4. The van der Waals surface area contributed by atoms with Gasteiger partial charge in [0.05, 0.1) is 19.8 Å². The number of hydrogen-bond acceptors (Lipinski definition) is 2. The molecule has 0 unspecified atom stereocenters. The zero-order valence-corrected chi connectivity index (χ0v) is 20.2. The third kappa shape index (κ3) is 4.54. The molecule has 4 aromatic carbocycles. The average Bonchev–Trinajstić information content (AvgIpc) is 2.84. The van der Waals surface area contributed by atoms with Gasteiger partial charge in [-0.25, -0.2) is 0 Å². The summed E-state index contributed by atoms with van der Waals surface area (Å²) in [6.45, 7) is 0. The van der Waals surface area contributed by atoms with E-state index in [1.807, 2.05) is 18.2 Å². The first-order valence-electron chi connectivity index (χ1n) is 10.0. The van der Waals surface area contributed by atoms with Gasteiger partial charge in [-0.05, 0) is 48.5 Å². The fourth-order valence-electron chi connectivity index (χ4n) is 4.09. The summed E-state index contributed by atoms with van der Waals surface area (Å²) in [4.78, 5) is 0. The molecule has 158 valence electrons. The van der Waals surface area contributed by atoms with Crippen LogP contribution in [0.2, 0.25) is 0 Å². The number of halogens is 1. The van der Waals surface area contributed by atoms with Gasteiger partial charge in [-0.2, -0.15) is 0 Å². The van der Waals surface area contributed by atoms with Gasteiger partial charge in [0.15, 0.2) is 0 Å². The summed E-state index contributed by atoms with van der Waals surface area (Å²) in [5, 5.41) is 4.03. The van der Waals surface area contributed by atoms with E-state index in [4.69, 9.17) is 9.47 Å². The Hall–Kier alpha value is -2.61. The van der Waals surface area contributed by atoms with Gasteiger partial charge in [-0.1, -0.05) is 60.7 Å². The second-order valence-electron chi connectivity index (χ2n) is 7.12. The maximum Gasteiger partial charge on any atom is 0.129 e. The van der Waals surface area contributed by atoms with E-state index in [2.05, 4.69) is 91.0 Å². The number of methoxy groups -OCH3 is 2. The van der Waals surface area contributed by atoms with Crippen molar-refractivity contribution in [2.75, 3.05) is 14.2 Å². The SMILES string of the molecule is COc1cccc(OC)c1C[P+](c1ccccc1)(c1ccccc1)c1ccccc1.[Br-]. The molecule has 0 saturated carbocycles. The van der Waals surface area contributed by atoms with Crippen LogP contribution < -0.4 is 42.4 Å². The molecule has 4 rings (SSSR count). The van der Waals surface area contributed by atoms with E-state index >= 15 is 0 Å². The molecule has 0 aliphatic heterocycles. The van der Waals surface area contributed by atoms with Crippen molar-refractivity contribution >= 4 is 23.2 Å². The normalized spacial score (nSPS) is 10.8. The highest BCUT2D eigenvalue weighted by Gasteiger charge is 2.46. The molecule has 0 aliphatic rings. The van der Waals surface area contributed by atoms with E-state index in [0.29, 0.717) is 0 Å². The van der Waals surface area contributed by atoms with Crippen molar-refractivity contribution in [3.05, 3.63) is 115 Å². The first kappa shape index (κ1) is 23.1. The molecular formula is C27H26BrO2P. The third-order valence-corrected chi connectivity index (χ3v) is 9.85. The predicted molar refractivity (Wildman–Crippen MR) is 128 cm³/mol. The zero-order valence-electron chi connectivity index (χ0n) is 17.7. The molecule has 2 nitrogen and oxygen atoms in total. The van der Waals surface area contributed by atoms with E-state index < -0.39 is 7.26 Å². The summed E-state index contributed by atoms with van der Waals surface area (Å²) < 4.78 is 11.6. The molecule has 0 heterocycles. The molecule has 31 heavy (non-hydrogen) atoms. The Morgan fingerprint density at radius 3 is 1.19 bits per heavy atom. The van der Waals surface area contributed by atoms with Gasteiger partial charge in [-0.15, -0.1) is 0 Å². The Kier molecular flexibility index (Phi) is 7.90. The van der Waals surface area contributed by atoms with Crippen molar-refractivity contribution in [3.63, 3.8) is 0 Å². The van der Waals surface area contributed by atoms with Crippen molar-refractivity contribution in [2.45, 2.75) is 6.16 Å². The lowest BCUT2D eigenvalue weighted by atomic mass is 10.2. The maximum absolute atomic E-state index is 5.78. The summed E-state index contributed by atoms with van der Waals surface area (Å²) >= 11 is 0.